The van der Waals surface area contributed by atoms with Gasteiger partial charge in [0.15, 0.2) is 5.69 Å². The van der Waals surface area contributed by atoms with Gasteiger partial charge in [0.2, 0.25) is 0 Å². The molecule has 2 saturated carbocycles. The van der Waals surface area contributed by atoms with Crippen molar-refractivity contribution in [2.24, 2.45) is 5.41 Å². The summed E-state index contributed by atoms with van der Waals surface area (Å²) in [6.07, 6.45) is 5.33. The lowest BCUT2D eigenvalue weighted by molar-refractivity contribution is -0.0796. The number of carbonyl (C=O) groups is 1. The summed E-state index contributed by atoms with van der Waals surface area (Å²) in [6, 6.07) is 10.6. The zero-order chi connectivity index (χ0) is 24.2. The van der Waals surface area contributed by atoms with E-state index in [0.717, 1.165) is 62.3 Å². The molecule has 2 aliphatic carbocycles. The Morgan fingerprint density at radius 1 is 1.17 bits per heavy atom. The third-order valence-electron chi connectivity index (χ3n) is 7.47. The number of carboxylic acid groups (broad SMARTS) is 1. The van der Waals surface area contributed by atoms with Crippen molar-refractivity contribution in [1.82, 2.24) is 10.1 Å². The smallest absolute Gasteiger partial charge is 0.354 e. The molecule has 0 radical (unpaired) electrons. The van der Waals surface area contributed by atoms with Crippen molar-refractivity contribution >= 4 is 35.0 Å². The van der Waals surface area contributed by atoms with E-state index >= 15 is 0 Å². The summed E-state index contributed by atoms with van der Waals surface area (Å²) in [5.74, 6) is 1.00. The van der Waals surface area contributed by atoms with Gasteiger partial charge in [0.1, 0.15) is 17.3 Å². The van der Waals surface area contributed by atoms with Crippen LogP contribution in [0, 0.1) is 5.41 Å². The van der Waals surface area contributed by atoms with Crippen molar-refractivity contribution in [3.63, 3.8) is 0 Å². The maximum absolute atomic E-state index is 11.3. The average molecular weight is 514 g/mol. The highest BCUT2D eigenvalue weighted by Crippen LogP contribution is 2.51. The second-order valence-electron chi connectivity index (χ2n) is 9.94. The molecule has 3 fully saturated rings. The quantitative estimate of drug-likeness (QED) is 0.402. The van der Waals surface area contributed by atoms with Crippen LogP contribution in [-0.2, 0) is 11.3 Å². The first-order valence-corrected chi connectivity index (χ1v) is 12.7. The summed E-state index contributed by atoms with van der Waals surface area (Å²) in [6.45, 7) is 2.15. The van der Waals surface area contributed by atoms with Crippen LogP contribution in [0.5, 0.6) is 0 Å². The summed E-state index contributed by atoms with van der Waals surface area (Å²) in [4.78, 5) is 17.8. The number of ether oxygens (including phenoxy) is 1. The Labute approximate surface area is 213 Å². The van der Waals surface area contributed by atoms with Gasteiger partial charge < -0.3 is 19.3 Å². The van der Waals surface area contributed by atoms with E-state index in [9.17, 15) is 9.90 Å². The number of aromatic carboxylic acids is 1. The highest BCUT2D eigenvalue weighted by molar-refractivity contribution is 6.39. The van der Waals surface area contributed by atoms with Crippen molar-refractivity contribution in [2.45, 2.75) is 50.7 Å². The van der Waals surface area contributed by atoms with Gasteiger partial charge >= 0.3 is 5.97 Å². The fraction of sp³-hybridized carbons (Fsp3) is 0.423. The standard InChI is InChI=1S/C26H25Cl2N3O4/c27-18-3-1-4-19(28)22(18)23-17(24(35-30-23)15-7-8-15)13-34-16-11-26(12-16)9-10-31(14-26)21-6-2-5-20(29-21)25(32)33/h1-6,15-16H,7-14H2,(H,32,33). The van der Waals surface area contributed by atoms with Crippen LogP contribution >= 0.6 is 23.2 Å². The summed E-state index contributed by atoms with van der Waals surface area (Å²) >= 11 is 12.9. The first-order valence-electron chi connectivity index (χ1n) is 11.9. The molecule has 0 amide bonds. The SMILES string of the molecule is O=C(O)c1cccc(N2CCC3(CC(OCc4c(-c5c(Cl)cccc5Cl)noc4C4CC4)C3)C2)n1. The summed E-state index contributed by atoms with van der Waals surface area (Å²) < 4.78 is 12.1. The van der Waals surface area contributed by atoms with E-state index in [1.165, 1.54) is 6.07 Å². The van der Waals surface area contributed by atoms with Gasteiger partial charge in [-0.2, -0.15) is 0 Å². The minimum atomic E-state index is -1.00. The Bertz CT molecular complexity index is 1260. The fourth-order valence-corrected chi connectivity index (χ4v) is 6.03. The van der Waals surface area contributed by atoms with Gasteiger partial charge in [-0.25, -0.2) is 9.78 Å². The molecule has 6 rings (SSSR count). The zero-order valence-corrected chi connectivity index (χ0v) is 20.6. The van der Waals surface area contributed by atoms with Crippen molar-refractivity contribution in [3.05, 3.63) is 63.5 Å². The van der Waals surface area contributed by atoms with Gasteiger partial charge in [0, 0.05) is 30.1 Å². The molecule has 3 aromatic rings. The van der Waals surface area contributed by atoms with Crippen LogP contribution in [0.15, 0.2) is 40.9 Å². The number of carboxylic acids is 1. The van der Waals surface area contributed by atoms with Crippen LogP contribution in [0.1, 0.15) is 59.8 Å². The topological polar surface area (TPSA) is 88.7 Å². The normalized spacial score (nSPS) is 23.6. The minimum Gasteiger partial charge on any atom is -0.477 e. The molecule has 1 aromatic carbocycles. The molecular formula is C26H25Cl2N3O4. The molecule has 7 nitrogen and oxygen atoms in total. The highest BCUT2D eigenvalue weighted by atomic mass is 35.5. The molecule has 3 aliphatic rings. The number of aromatic nitrogens is 2. The van der Waals surface area contributed by atoms with Crippen molar-refractivity contribution in [2.75, 3.05) is 18.0 Å². The number of benzene rings is 1. The van der Waals surface area contributed by atoms with Crippen molar-refractivity contribution in [3.8, 4) is 11.3 Å². The third-order valence-corrected chi connectivity index (χ3v) is 8.10. The molecule has 0 unspecified atom stereocenters. The molecule has 9 heteroatoms. The lowest BCUT2D eigenvalue weighted by Gasteiger charge is -2.44. The monoisotopic (exact) mass is 513 g/mol. The van der Waals surface area contributed by atoms with E-state index in [1.54, 1.807) is 18.2 Å². The first kappa shape index (κ1) is 22.8. The highest BCUT2D eigenvalue weighted by Gasteiger charge is 2.49. The molecule has 1 N–H and O–H groups in total. The van der Waals surface area contributed by atoms with Crippen molar-refractivity contribution < 1.29 is 19.2 Å². The first-order chi connectivity index (χ1) is 16.9. The third kappa shape index (κ3) is 4.30. The van der Waals surface area contributed by atoms with Crippen LogP contribution in [0.3, 0.4) is 0 Å². The molecule has 0 atom stereocenters. The van der Waals surface area contributed by atoms with Crippen molar-refractivity contribution in [1.29, 1.82) is 0 Å². The number of nitrogens with zero attached hydrogens (tertiary/aromatic N) is 3. The van der Waals surface area contributed by atoms with E-state index in [0.29, 0.717) is 33.8 Å². The van der Waals surface area contributed by atoms with E-state index in [2.05, 4.69) is 15.0 Å². The zero-order valence-electron chi connectivity index (χ0n) is 19.0. The van der Waals surface area contributed by atoms with Crippen LogP contribution in [-0.4, -0.2) is 40.4 Å². The predicted molar refractivity (Wildman–Crippen MR) is 132 cm³/mol. The fourth-order valence-electron chi connectivity index (χ4n) is 5.46. The molecule has 3 heterocycles. The maximum Gasteiger partial charge on any atom is 0.354 e. The van der Waals surface area contributed by atoms with Crippen LogP contribution in [0.2, 0.25) is 10.0 Å². The Morgan fingerprint density at radius 2 is 1.91 bits per heavy atom. The van der Waals surface area contributed by atoms with E-state index in [4.69, 9.17) is 32.5 Å². The predicted octanol–water partition coefficient (Wildman–Crippen LogP) is 6.19. The summed E-state index contributed by atoms with van der Waals surface area (Å²) in [5.41, 5.74) is 2.58. The lowest BCUT2D eigenvalue weighted by atomic mass is 9.66. The van der Waals surface area contributed by atoms with Crippen LogP contribution in [0.4, 0.5) is 5.82 Å². The van der Waals surface area contributed by atoms with Crippen LogP contribution < -0.4 is 4.90 Å². The van der Waals surface area contributed by atoms with E-state index in [1.807, 2.05) is 12.1 Å². The second kappa shape index (κ2) is 8.80. The number of hydrogen-bond donors (Lipinski definition) is 1. The molecule has 182 valence electrons. The molecule has 1 saturated heterocycles. The Kier molecular flexibility index (Phi) is 5.74. The van der Waals surface area contributed by atoms with Gasteiger partial charge in [-0.1, -0.05) is 40.5 Å². The Balaban J connectivity index is 1.13. The number of pyridine rings is 1. The number of anilines is 1. The van der Waals surface area contributed by atoms with E-state index in [-0.39, 0.29) is 17.2 Å². The number of halogens is 2. The molecule has 1 spiro atoms. The van der Waals surface area contributed by atoms with Gasteiger partial charge in [0.25, 0.3) is 0 Å². The van der Waals surface area contributed by atoms with Gasteiger partial charge in [0.05, 0.1) is 22.8 Å². The molecular weight excluding hydrogens is 489 g/mol. The van der Waals surface area contributed by atoms with Gasteiger partial charge in [-0.3, -0.25) is 0 Å². The minimum absolute atomic E-state index is 0.0767. The average Bonchev–Trinajstić information content (AvgIpc) is 3.43. The Hall–Kier alpha value is -2.61. The molecule has 35 heavy (non-hydrogen) atoms. The lowest BCUT2D eigenvalue weighted by Crippen LogP contribution is -2.44. The maximum atomic E-state index is 11.3. The van der Waals surface area contributed by atoms with Crippen LogP contribution in [0.25, 0.3) is 11.3 Å². The Morgan fingerprint density at radius 3 is 2.63 bits per heavy atom. The molecule has 0 bridgehead atoms. The molecule has 1 aliphatic heterocycles. The largest absolute Gasteiger partial charge is 0.477 e. The number of rotatable bonds is 7. The van der Waals surface area contributed by atoms with E-state index < -0.39 is 5.97 Å². The van der Waals surface area contributed by atoms with Gasteiger partial charge in [-0.15, -0.1) is 0 Å². The summed E-state index contributed by atoms with van der Waals surface area (Å²) in [5, 5.41) is 14.7. The number of hydrogen-bond acceptors (Lipinski definition) is 6. The summed E-state index contributed by atoms with van der Waals surface area (Å²) in [7, 11) is 0. The second-order valence-corrected chi connectivity index (χ2v) is 10.8. The van der Waals surface area contributed by atoms with Gasteiger partial charge in [-0.05, 0) is 61.8 Å². The molecule has 2 aromatic heterocycles.